The third-order valence-electron chi connectivity index (χ3n) is 3.45. The summed E-state index contributed by atoms with van der Waals surface area (Å²) in [4.78, 5) is 21.5. The molecule has 0 aromatic rings. The van der Waals surface area contributed by atoms with Gasteiger partial charge in [0.25, 0.3) is 5.79 Å². The van der Waals surface area contributed by atoms with Crippen LogP contribution in [0.4, 0.5) is 0 Å². The molecule has 0 radical (unpaired) electrons. The fourth-order valence-corrected chi connectivity index (χ4v) is 2.13. The molecule has 0 aliphatic rings. The Bertz CT molecular complexity index is 300. The van der Waals surface area contributed by atoms with Crippen molar-refractivity contribution in [2.24, 2.45) is 5.92 Å². The van der Waals surface area contributed by atoms with Gasteiger partial charge in [0.1, 0.15) is 5.92 Å². The molecule has 0 aromatic heterocycles. The lowest BCUT2D eigenvalue weighted by molar-refractivity contribution is -0.227. The Morgan fingerprint density at radius 2 is 1.35 bits per heavy atom. The summed E-state index contributed by atoms with van der Waals surface area (Å²) < 4.78 is 0. The molecule has 0 saturated carbocycles. The Labute approximate surface area is 119 Å². The SMILES string of the molecule is CCCCCCCCCCC(C(=O)O)C(O)(O)C(=O)O. The Hall–Kier alpha value is -1.14. The van der Waals surface area contributed by atoms with Crippen molar-refractivity contribution in [3.8, 4) is 0 Å². The minimum Gasteiger partial charge on any atom is -0.481 e. The summed E-state index contributed by atoms with van der Waals surface area (Å²) in [7, 11) is 0. The van der Waals surface area contributed by atoms with Crippen molar-refractivity contribution in [3.05, 3.63) is 0 Å². The largest absolute Gasteiger partial charge is 0.481 e. The third kappa shape index (κ3) is 6.86. The summed E-state index contributed by atoms with van der Waals surface area (Å²) in [5, 5.41) is 36.1. The highest BCUT2D eigenvalue weighted by Crippen LogP contribution is 2.22. The molecule has 0 aliphatic carbocycles. The molecule has 0 saturated heterocycles. The predicted molar refractivity (Wildman–Crippen MR) is 73.2 cm³/mol. The van der Waals surface area contributed by atoms with E-state index in [4.69, 9.17) is 10.2 Å². The van der Waals surface area contributed by atoms with E-state index in [1.807, 2.05) is 0 Å². The van der Waals surface area contributed by atoms with Crippen LogP contribution >= 0.6 is 0 Å². The van der Waals surface area contributed by atoms with E-state index >= 15 is 0 Å². The standard InChI is InChI=1S/C14H26O6/c1-2-3-4-5-6-7-8-9-10-11(12(15)16)14(19,20)13(17)18/h11,19-20H,2-10H2,1H3,(H,15,16)(H,17,18). The van der Waals surface area contributed by atoms with Crippen molar-refractivity contribution in [3.63, 3.8) is 0 Å². The molecule has 0 bridgehead atoms. The van der Waals surface area contributed by atoms with E-state index in [-0.39, 0.29) is 6.42 Å². The molecule has 6 heteroatoms. The fraction of sp³-hybridized carbons (Fsp3) is 0.857. The zero-order valence-corrected chi connectivity index (χ0v) is 12.0. The number of carboxylic acid groups (broad SMARTS) is 2. The van der Waals surface area contributed by atoms with Crippen LogP contribution in [0.25, 0.3) is 0 Å². The second-order valence-electron chi connectivity index (χ2n) is 5.19. The van der Waals surface area contributed by atoms with Gasteiger partial charge in [-0.1, -0.05) is 58.3 Å². The van der Waals surface area contributed by atoms with Crippen molar-refractivity contribution < 1.29 is 30.0 Å². The van der Waals surface area contributed by atoms with Gasteiger partial charge in [0.05, 0.1) is 0 Å². The van der Waals surface area contributed by atoms with Crippen LogP contribution in [0.5, 0.6) is 0 Å². The van der Waals surface area contributed by atoms with Gasteiger partial charge in [0.2, 0.25) is 0 Å². The Balaban J connectivity index is 3.95. The Morgan fingerprint density at radius 1 is 0.900 bits per heavy atom. The number of carboxylic acids is 2. The van der Waals surface area contributed by atoms with Crippen LogP contribution in [0.1, 0.15) is 64.7 Å². The molecule has 0 aliphatic heterocycles. The predicted octanol–water partition coefficient (Wildman–Crippen LogP) is 1.98. The van der Waals surface area contributed by atoms with Gasteiger partial charge < -0.3 is 20.4 Å². The van der Waals surface area contributed by atoms with Crippen LogP contribution < -0.4 is 0 Å². The van der Waals surface area contributed by atoms with Crippen molar-refractivity contribution in [1.29, 1.82) is 0 Å². The normalized spacial score (nSPS) is 13.2. The zero-order chi connectivity index (χ0) is 15.6. The molecule has 1 atom stereocenters. The van der Waals surface area contributed by atoms with Crippen LogP contribution in [0.2, 0.25) is 0 Å². The number of aliphatic carboxylic acids is 2. The van der Waals surface area contributed by atoms with E-state index < -0.39 is 23.6 Å². The van der Waals surface area contributed by atoms with Gasteiger partial charge in [-0.25, -0.2) is 4.79 Å². The molecular weight excluding hydrogens is 264 g/mol. The van der Waals surface area contributed by atoms with Crippen molar-refractivity contribution in [1.82, 2.24) is 0 Å². The van der Waals surface area contributed by atoms with E-state index in [9.17, 15) is 19.8 Å². The highest BCUT2D eigenvalue weighted by atomic mass is 16.5. The second kappa shape index (κ2) is 9.72. The lowest BCUT2D eigenvalue weighted by Gasteiger charge is -2.23. The maximum Gasteiger partial charge on any atom is 0.364 e. The quantitative estimate of drug-likeness (QED) is 0.323. The minimum atomic E-state index is -3.20. The highest BCUT2D eigenvalue weighted by Gasteiger charge is 2.46. The molecule has 0 fully saturated rings. The molecule has 0 heterocycles. The number of aliphatic hydroxyl groups is 2. The van der Waals surface area contributed by atoms with Crippen LogP contribution in [0.15, 0.2) is 0 Å². The van der Waals surface area contributed by atoms with E-state index in [1.165, 1.54) is 19.3 Å². The molecule has 20 heavy (non-hydrogen) atoms. The minimum absolute atomic E-state index is 0.0520. The highest BCUT2D eigenvalue weighted by molar-refractivity contribution is 5.83. The summed E-state index contributed by atoms with van der Waals surface area (Å²) in [6, 6.07) is 0. The van der Waals surface area contributed by atoms with Crippen molar-refractivity contribution in [2.45, 2.75) is 70.5 Å². The first-order chi connectivity index (χ1) is 9.34. The Morgan fingerprint density at radius 3 is 1.75 bits per heavy atom. The number of hydrogen-bond acceptors (Lipinski definition) is 4. The van der Waals surface area contributed by atoms with Crippen LogP contribution in [-0.2, 0) is 9.59 Å². The maximum atomic E-state index is 10.9. The smallest absolute Gasteiger partial charge is 0.364 e. The van der Waals surface area contributed by atoms with Crippen molar-refractivity contribution in [2.75, 3.05) is 0 Å². The molecule has 0 amide bonds. The maximum absolute atomic E-state index is 10.9. The van der Waals surface area contributed by atoms with Crippen LogP contribution in [0.3, 0.4) is 0 Å². The summed E-state index contributed by atoms with van der Waals surface area (Å²) in [5.74, 6) is -8.32. The fourth-order valence-electron chi connectivity index (χ4n) is 2.13. The van der Waals surface area contributed by atoms with Gasteiger partial charge in [-0.05, 0) is 6.42 Å². The first kappa shape index (κ1) is 18.9. The molecule has 0 rings (SSSR count). The average molecular weight is 290 g/mol. The number of rotatable bonds is 12. The summed E-state index contributed by atoms with van der Waals surface area (Å²) >= 11 is 0. The molecule has 1 unspecified atom stereocenters. The van der Waals surface area contributed by atoms with Gasteiger partial charge in [-0.3, -0.25) is 4.79 Å². The van der Waals surface area contributed by atoms with E-state index in [0.717, 1.165) is 25.7 Å². The van der Waals surface area contributed by atoms with E-state index in [2.05, 4.69) is 6.92 Å². The van der Waals surface area contributed by atoms with E-state index in [1.54, 1.807) is 0 Å². The summed E-state index contributed by atoms with van der Waals surface area (Å²) in [5.41, 5.74) is 0. The topological polar surface area (TPSA) is 115 Å². The number of hydrogen-bond donors (Lipinski definition) is 4. The van der Waals surface area contributed by atoms with Gasteiger partial charge in [0.15, 0.2) is 0 Å². The Kier molecular flexibility index (Phi) is 9.16. The molecule has 0 aromatic carbocycles. The number of carbonyl (C=O) groups is 2. The van der Waals surface area contributed by atoms with E-state index in [0.29, 0.717) is 6.42 Å². The monoisotopic (exact) mass is 290 g/mol. The van der Waals surface area contributed by atoms with Gasteiger partial charge in [-0.15, -0.1) is 0 Å². The third-order valence-corrected chi connectivity index (χ3v) is 3.45. The lowest BCUT2D eigenvalue weighted by atomic mass is 9.92. The van der Waals surface area contributed by atoms with Crippen LogP contribution in [-0.4, -0.2) is 38.2 Å². The zero-order valence-electron chi connectivity index (χ0n) is 12.0. The molecular formula is C14H26O6. The number of unbranched alkanes of at least 4 members (excludes halogenated alkanes) is 7. The van der Waals surface area contributed by atoms with Crippen LogP contribution in [0, 0.1) is 5.92 Å². The first-order valence-corrected chi connectivity index (χ1v) is 7.25. The first-order valence-electron chi connectivity index (χ1n) is 7.25. The van der Waals surface area contributed by atoms with Crippen molar-refractivity contribution >= 4 is 11.9 Å². The summed E-state index contributed by atoms with van der Waals surface area (Å²) in [6.45, 7) is 2.14. The van der Waals surface area contributed by atoms with Gasteiger partial charge >= 0.3 is 11.9 Å². The van der Waals surface area contributed by atoms with Gasteiger partial charge in [-0.2, -0.15) is 0 Å². The molecule has 6 nitrogen and oxygen atoms in total. The lowest BCUT2D eigenvalue weighted by Crippen LogP contribution is -2.49. The summed E-state index contributed by atoms with van der Waals surface area (Å²) in [6.07, 6.45) is 7.96. The van der Waals surface area contributed by atoms with Gasteiger partial charge in [0, 0.05) is 0 Å². The molecule has 118 valence electrons. The average Bonchev–Trinajstić information content (AvgIpc) is 2.35. The molecule has 0 spiro atoms. The second-order valence-corrected chi connectivity index (χ2v) is 5.19. The molecule has 4 N–H and O–H groups in total.